The Morgan fingerprint density at radius 3 is 2.64 bits per heavy atom. The average Bonchev–Trinajstić information content (AvgIpc) is 2.17. The molecular weight excluding hydrogens is 202 g/mol. The zero-order chi connectivity index (χ0) is 10.4. The molecule has 3 nitrogen and oxygen atoms in total. The Bertz CT molecular complexity index is 297. The number of rotatable bonds is 3. The van der Waals surface area contributed by atoms with Crippen molar-refractivity contribution in [3.63, 3.8) is 0 Å². The normalized spacial score (nSPS) is 9.57. The molecule has 0 aliphatic rings. The summed E-state index contributed by atoms with van der Waals surface area (Å²) in [6, 6.07) is 7.17. The van der Waals surface area contributed by atoms with Crippen molar-refractivity contribution in [1.82, 2.24) is 5.32 Å². The van der Waals surface area contributed by atoms with E-state index in [4.69, 9.17) is 16.3 Å². The van der Waals surface area contributed by atoms with Crippen LogP contribution in [0.1, 0.15) is 12.5 Å². The Balaban J connectivity index is 2.38. The topological polar surface area (TPSA) is 38.3 Å². The molecule has 1 aromatic carbocycles. The molecule has 0 radical (unpaired) electrons. The first kappa shape index (κ1) is 10.9. The van der Waals surface area contributed by atoms with Gasteiger partial charge in [0.2, 0.25) is 0 Å². The third-order valence-electron chi connectivity index (χ3n) is 1.60. The van der Waals surface area contributed by atoms with Gasteiger partial charge in [0.25, 0.3) is 0 Å². The summed E-state index contributed by atoms with van der Waals surface area (Å²) < 4.78 is 4.92. The number of amides is 1. The molecule has 0 saturated carbocycles. The lowest BCUT2D eigenvalue weighted by Crippen LogP contribution is -2.23. The van der Waals surface area contributed by atoms with E-state index < -0.39 is 6.09 Å². The van der Waals surface area contributed by atoms with E-state index in [9.17, 15) is 4.79 Å². The Labute approximate surface area is 88.0 Å². The fraction of sp³-hybridized carbons (Fsp3) is 0.300. The first-order valence-electron chi connectivity index (χ1n) is 4.37. The van der Waals surface area contributed by atoms with E-state index >= 15 is 0 Å². The van der Waals surface area contributed by atoms with Gasteiger partial charge in [-0.05, 0) is 24.6 Å². The van der Waals surface area contributed by atoms with Crippen molar-refractivity contribution in [3.05, 3.63) is 34.9 Å². The van der Waals surface area contributed by atoms with E-state index in [2.05, 4.69) is 5.32 Å². The maximum atomic E-state index is 10.9. The molecule has 0 heterocycles. The number of hydrogen-bond donors (Lipinski definition) is 1. The molecule has 1 amide bonds. The highest BCUT2D eigenvalue weighted by molar-refractivity contribution is 6.30. The first-order chi connectivity index (χ1) is 6.72. The largest absolute Gasteiger partial charge is 0.445 e. The van der Waals surface area contributed by atoms with Crippen LogP contribution in [0.5, 0.6) is 0 Å². The van der Waals surface area contributed by atoms with E-state index in [1.165, 1.54) is 0 Å². The standard InChI is InChI=1S/C10H12ClNO2/c1-2-12-10(13)14-7-8-3-5-9(11)6-4-8/h3-6H,2,7H2,1H3,(H,12,13). The number of carbonyl (C=O) groups excluding carboxylic acids is 1. The number of halogens is 1. The SMILES string of the molecule is CCNC(=O)OCc1ccc(Cl)cc1. The Kier molecular flexibility index (Phi) is 4.26. The lowest BCUT2D eigenvalue weighted by atomic mass is 10.2. The highest BCUT2D eigenvalue weighted by atomic mass is 35.5. The Morgan fingerprint density at radius 1 is 1.43 bits per heavy atom. The predicted molar refractivity (Wildman–Crippen MR) is 55.3 cm³/mol. The molecule has 4 heteroatoms. The summed E-state index contributed by atoms with van der Waals surface area (Å²) >= 11 is 5.70. The zero-order valence-corrected chi connectivity index (χ0v) is 8.67. The van der Waals surface area contributed by atoms with Crippen molar-refractivity contribution in [2.24, 2.45) is 0 Å². The monoisotopic (exact) mass is 213 g/mol. The Hall–Kier alpha value is -1.22. The summed E-state index contributed by atoms with van der Waals surface area (Å²) in [5.74, 6) is 0. The van der Waals surface area contributed by atoms with Gasteiger partial charge in [0.15, 0.2) is 0 Å². The van der Waals surface area contributed by atoms with E-state index in [0.717, 1.165) is 5.56 Å². The molecule has 1 aromatic rings. The van der Waals surface area contributed by atoms with Crippen LogP contribution in [0.25, 0.3) is 0 Å². The van der Waals surface area contributed by atoms with Crippen LogP contribution in [0.4, 0.5) is 4.79 Å². The second-order valence-corrected chi connectivity index (χ2v) is 3.17. The van der Waals surface area contributed by atoms with Crippen molar-refractivity contribution in [1.29, 1.82) is 0 Å². The van der Waals surface area contributed by atoms with Crippen LogP contribution < -0.4 is 5.32 Å². The summed E-state index contributed by atoms with van der Waals surface area (Å²) in [7, 11) is 0. The van der Waals surface area contributed by atoms with Crippen LogP contribution in [0.3, 0.4) is 0 Å². The van der Waals surface area contributed by atoms with Crippen LogP contribution in [0.15, 0.2) is 24.3 Å². The van der Waals surface area contributed by atoms with Crippen molar-refractivity contribution in [2.75, 3.05) is 6.54 Å². The molecule has 1 rings (SSSR count). The second-order valence-electron chi connectivity index (χ2n) is 2.73. The number of alkyl carbamates (subject to hydrolysis) is 1. The molecule has 0 saturated heterocycles. The lowest BCUT2D eigenvalue weighted by Gasteiger charge is -2.04. The third kappa shape index (κ3) is 3.66. The van der Waals surface area contributed by atoms with Gasteiger partial charge in [0.05, 0.1) is 0 Å². The van der Waals surface area contributed by atoms with Gasteiger partial charge < -0.3 is 10.1 Å². The summed E-state index contributed by atoms with van der Waals surface area (Å²) in [5.41, 5.74) is 0.917. The van der Waals surface area contributed by atoms with Gasteiger partial charge in [-0.15, -0.1) is 0 Å². The van der Waals surface area contributed by atoms with E-state index in [1.54, 1.807) is 12.1 Å². The van der Waals surface area contributed by atoms with E-state index in [0.29, 0.717) is 11.6 Å². The molecule has 0 fully saturated rings. The highest BCUT2D eigenvalue weighted by Gasteiger charge is 1.99. The number of hydrogen-bond acceptors (Lipinski definition) is 2. The minimum Gasteiger partial charge on any atom is -0.445 e. The van der Waals surface area contributed by atoms with Crippen LogP contribution in [0, 0.1) is 0 Å². The van der Waals surface area contributed by atoms with Crippen LogP contribution in [-0.2, 0) is 11.3 Å². The van der Waals surface area contributed by atoms with E-state index in [1.807, 2.05) is 19.1 Å². The number of nitrogens with one attached hydrogen (secondary N) is 1. The average molecular weight is 214 g/mol. The maximum Gasteiger partial charge on any atom is 0.407 e. The van der Waals surface area contributed by atoms with Gasteiger partial charge >= 0.3 is 6.09 Å². The smallest absolute Gasteiger partial charge is 0.407 e. The lowest BCUT2D eigenvalue weighted by molar-refractivity contribution is 0.140. The molecule has 0 spiro atoms. The fourth-order valence-electron chi connectivity index (χ4n) is 0.925. The minimum absolute atomic E-state index is 0.267. The second kappa shape index (κ2) is 5.50. The van der Waals surface area contributed by atoms with Gasteiger partial charge in [-0.25, -0.2) is 4.79 Å². The summed E-state index contributed by atoms with van der Waals surface area (Å²) in [6.07, 6.45) is -0.401. The number of benzene rings is 1. The van der Waals surface area contributed by atoms with Gasteiger partial charge in [-0.3, -0.25) is 0 Å². The van der Waals surface area contributed by atoms with Gasteiger partial charge in [0.1, 0.15) is 6.61 Å². The quantitative estimate of drug-likeness (QED) is 0.838. The van der Waals surface area contributed by atoms with Gasteiger partial charge in [0, 0.05) is 11.6 Å². The van der Waals surface area contributed by atoms with E-state index in [-0.39, 0.29) is 6.61 Å². The van der Waals surface area contributed by atoms with Crippen LogP contribution >= 0.6 is 11.6 Å². The maximum absolute atomic E-state index is 10.9. The third-order valence-corrected chi connectivity index (χ3v) is 1.86. The molecule has 0 atom stereocenters. The molecule has 76 valence electrons. The van der Waals surface area contributed by atoms with Crippen molar-refractivity contribution >= 4 is 17.7 Å². The molecule has 0 unspecified atom stereocenters. The minimum atomic E-state index is -0.401. The van der Waals surface area contributed by atoms with Gasteiger partial charge in [-0.1, -0.05) is 23.7 Å². The van der Waals surface area contributed by atoms with Crippen molar-refractivity contribution < 1.29 is 9.53 Å². The molecule has 14 heavy (non-hydrogen) atoms. The Morgan fingerprint density at radius 2 is 2.07 bits per heavy atom. The highest BCUT2D eigenvalue weighted by Crippen LogP contribution is 2.10. The summed E-state index contributed by atoms with van der Waals surface area (Å²) in [4.78, 5) is 10.9. The summed E-state index contributed by atoms with van der Waals surface area (Å²) in [6.45, 7) is 2.67. The molecule has 1 N–H and O–H groups in total. The molecule has 0 bridgehead atoms. The van der Waals surface area contributed by atoms with Crippen LogP contribution in [-0.4, -0.2) is 12.6 Å². The van der Waals surface area contributed by atoms with Crippen molar-refractivity contribution in [2.45, 2.75) is 13.5 Å². The molecule has 0 aromatic heterocycles. The molecule has 0 aliphatic carbocycles. The first-order valence-corrected chi connectivity index (χ1v) is 4.75. The molecule has 0 aliphatic heterocycles. The zero-order valence-electron chi connectivity index (χ0n) is 7.92. The summed E-state index contributed by atoms with van der Waals surface area (Å²) in [5, 5.41) is 3.21. The molecular formula is C10H12ClNO2. The number of ether oxygens (including phenoxy) is 1. The van der Waals surface area contributed by atoms with Gasteiger partial charge in [-0.2, -0.15) is 0 Å². The van der Waals surface area contributed by atoms with Crippen LogP contribution in [0.2, 0.25) is 5.02 Å². The van der Waals surface area contributed by atoms with Crippen molar-refractivity contribution in [3.8, 4) is 0 Å². The fourth-order valence-corrected chi connectivity index (χ4v) is 1.05. The predicted octanol–water partition coefficient (Wildman–Crippen LogP) is 2.59. The number of carbonyl (C=O) groups is 1.